The Labute approximate surface area is 133 Å². The third-order valence-corrected chi connectivity index (χ3v) is 3.53. The van der Waals surface area contributed by atoms with E-state index in [1.807, 2.05) is 6.07 Å². The number of methoxy groups -OCH3 is 3. The first-order chi connectivity index (χ1) is 11.2. The first-order valence-corrected chi connectivity index (χ1v) is 6.92. The molecule has 1 N–H and O–H groups in total. The second-order valence-electron chi connectivity index (χ2n) is 4.84. The van der Waals surface area contributed by atoms with Gasteiger partial charge in [0, 0.05) is 23.9 Å². The van der Waals surface area contributed by atoms with Crippen molar-refractivity contribution in [3.05, 3.63) is 36.5 Å². The van der Waals surface area contributed by atoms with Crippen LogP contribution in [-0.4, -0.2) is 36.4 Å². The van der Waals surface area contributed by atoms with E-state index in [9.17, 15) is 5.11 Å². The van der Waals surface area contributed by atoms with E-state index < -0.39 is 0 Å². The zero-order chi connectivity index (χ0) is 16.4. The van der Waals surface area contributed by atoms with Gasteiger partial charge in [-0.1, -0.05) is 0 Å². The van der Waals surface area contributed by atoms with Gasteiger partial charge in [0.1, 0.15) is 11.5 Å². The lowest BCUT2D eigenvalue weighted by molar-refractivity contribution is 0.373. The quantitative estimate of drug-likeness (QED) is 0.798. The van der Waals surface area contributed by atoms with Crippen molar-refractivity contribution >= 4 is 10.9 Å². The maximum Gasteiger partial charge on any atom is 0.161 e. The van der Waals surface area contributed by atoms with Crippen molar-refractivity contribution in [2.45, 2.75) is 0 Å². The molecule has 0 aliphatic heterocycles. The molecule has 0 amide bonds. The van der Waals surface area contributed by atoms with Crippen molar-refractivity contribution in [1.82, 2.24) is 9.97 Å². The van der Waals surface area contributed by atoms with Crippen molar-refractivity contribution < 1.29 is 19.3 Å². The number of fused-ring (bicyclic) bond motifs is 1. The van der Waals surface area contributed by atoms with Crippen LogP contribution in [0.15, 0.2) is 36.5 Å². The second-order valence-corrected chi connectivity index (χ2v) is 4.84. The summed E-state index contributed by atoms with van der Waals surface area (Å²) in [6.07, 6.45) is 1.70. The van der Waals surface area contributed by atoms with E-state index in [1.54, 1.807) is 44.7 Å². The van der Waals surface area contributed by atoms with Crippen LogP contribution in [0.1, 0.15) is 0 Å². The van der Waals surface area contributed by atoms with Gasteiger partial charge in [-0.25, -0.2) is 9.97 Å². The van der Waals surface area contributed by atoms with Crippen LogP contribution in [-0.2, 0) is 0 Å². The molecule has 1 aromatic heterocycles. The van der Waals surface area contributed by atoms with Crippen LogP contribution in [0.5, 0.6) is 23.0 Å². The maximum absolute atomic E-state index is 9.69. The van der Waals surface area contributed by atoms with Crippen LogP contribution < -0.4 is 14.2 Å². The van der Waals surface area contributed by atoms with Crippen LogP contribution in [0.4, 0.5) is 0 Å². The number of rotatable bonds is 4. The van der Waals surface area contributed by atoms with Gasteiger partial charge >= 0.3 is 0 Å². The van der Waals surface area contributed by atoms with Gasteiger partial charge in [0.15, 0.2) is 17.3 Å². The number of aromatic nitrogens is 2. The minimum Gasteiger partial charge on any atom is -0.504 e. The Morgan fingerprint density at radius 2 is 1.70 bits per heavy atom. The molecule has 1 heterocycles. The minimum atomic E-state index is 0.0698. The lowest BCUT2D eigenvalue weighted by Gasteiger charge is -2.10. The zero-order valence-corrected chi connectivity index (χ0v) is 13.0. The number of aromatic hydroxyl groups is 1. The molecule has 0 atom stereocenters. The summed E-state index contributed by atoms with van der Waals surface area (Å²) in [6.45, 7) is 0. The van der Waals surface area contributed by atoms with Crippen LogP contribution in [0.25, 0.3) is 22.3 Å². The van der Waals surface area contributed by atoms with Gasteiger partial charge in [-0.15, -0.1) is 0 Å². The lowest BCUT2D eigenvalue weighted by atomic mass is 10.1. The summed E-state index contributed by atoms with van der Waals surface area (Å²) in [5, 5.41) is 10.5. The van der Waals surface area contributed by atoms with Crippen LogP contribution >= 0.6 is 0 Å². The predicted molar refractivity (Wildman–Crippen MR) is 86.3 cm³/mol. The average molecular weight is 312 g/mol. The molecule has 6 nitrogen and oxygen atoms in total. The average Bonchev–Trinajstić information content (AvgIpc) is 2.60. The van der Waals surface area contributed by atoms with Gasteiger partial charge in [0.25, 0.3) is 0 Å². The van der Waals surface area contributed by atoms with Gasteiger partial charge in [-0.3, -0.25) is 0 Å². The summed E-state index contributed by atoms with van der Waals surface area (Å²) >= 11 is 0. The first kappa shape index (κ1) is 14.9. The molecule has 118 valence electrons. The molecule has 0 saturated carbocycles. The normalized spacial score (nSPS) is 10.6. The van der Waals surface area contributed by atoms with E-state index in [0.29, 0.717) is 28.6 Å². The third kappa shape index (κ3) is 2.70. The highest BCUT2D eigenvalue weighted by atomic mass is 16.5. The molecule has 0 unspecified atom stereocenters. The SMILES string of the molecule is COc1cc(OC)c2cnc(-c3ccc(O)c(OC)c3)nc2c1. The molecule has 0 fully saturated rings. The zero-order valence-electron chi connectivity index (χ0n) is 13.0. The van der Waals surface area contributed by atoms with E-state index in [4.69, 9.17) is 14.2 Å². The molecule has 0 bridgehead atoms. The molecule has 0 aliphatic carbocycles. The molecule has 6 heteroatoms. The molecule has 3 aromatic rings. The summed E-state index contributed by atoms with van der Waals surface area (Å²) in [5.74, 6) is 2.26. The fourth-order valence-electron chi connectivity index (χ4n) is 2.32. The van der Waals surface area contributed by atoms with Gasteiger partial charge in [0.05, 0.1) is 32.2 Å². The van der Waals surface area contributed by atoms with Gasteiger partial charge in [-0.05, 0) is 18.2 Å². The Kier molecular flexibility index (Phi) is 3.89. The minimum absolute atomic E-state index is 0.0698. The highest BCUT2D eigenvalue weighted by Crippen LogP contribution is 2.33. The highest BCUT2D eigenvalue weighted by Gasteiger charge is 2.11. The largest absolute Gasteiger partial charge is 0.504 e. The monoisotopic (exact) mass is 312 g/mol. The van der Waals surface area contributed by atoms with Gasteiger partial charge in [0.2, 0.25) is 0 Å². The Morgan fingerprint density at radius 3 is 2.39 bits per heavy atom. The maximum atomic E-state index is 9.69. The Bertz CT molecular complexity index is 865. The highest BCUT2D eigenvalue weighted by molar-refractivity contribution is 5.87. The molecule has 3 rings (SSSR count). The number of phenols is 1. The fourth-order valence-corrected chi connectivity index (χ4v) is 2.32. The van der Waals surface area contributed by atoms with Crippen molar-refractivity contribution in [2.24, 2.45) is 0 Å². The molecular weight excluding hydrogens is 296 g/mol. The molecule has 0 radical (unpaired) electrons. The predicted octanol–water partition coefficient (Wildman–Crippen LogP) is 3.03. The summed E-state index contributed by atoms with van der Waals surface area (Å²) in [5.41, 5.74) is 1.45. The molecular formula is C17H16N2O4. The number of nitrogens with zero attached hydrogens (tertiary/aromatic N) is 2. The Hall–Kier alpha value is -3.02. The lowest BCUT2D eigenvalue weighted by Crippen LogP contribution is -1.94. The molecule has 0 spiro atoms. The Balaban J connectivity index is 2.16. The van der Waals surface area contributed by atoms with Crippen molar-refractivity contribution in [2.75, 3.05) is 21.3 Å². The molecule has 2 aromatic carbocycles. The molecule has 23 heavy (non-hydrogen) atoms. The number of hydrogen-bond donors (Lipinski definition) is 1. The number of hydrogen-bond acceptors (Lipinski definition) is 6. The number of benzene rings is 2. The van der Waals surface area contributed by atoms with Crippen molar-refractivity contribution in [3.8, 4) is 34.4 Å². The third-order valence-electron chi connectivity index (χ3n) is 3.53. The van der Waals surface area contributed by atoms with Gasteiger partial charge < -0.3 is 19.3 Å². The fraction of sp³-hybridized carbons (Fsp3) is 0.176. The summed E-state index contributed by atoms with van der Waals surface area (Å²) in [6, 6.07) is 8.58. The molecule has 0 aliphatic rings. The standard InChI is InChI=1S/C17H16N2O4/c1-21-11-7-13-12(15(8-11)22-2)9-18-17(19-13)10-4-5-14(20)16(6-10)23-3/h4-9,20H,1-3H3. The Morgan fingerprint density at radius 1 is 0.913 bits per heavy atom. The topological polar surface area (TPSA) is 73.7 Å². The van der Waals surface area contributed by atoms with Crippen molar-refractivity contribution in [3.63, 3.8) is 0 Å². The van der Waals surface area contributed by atoms with E-state index in [-0.39, 0.29) is 5.75 Å². The number of ether oxygens (including phenoxy) is 3. The van der Waals surface area contributed by atoms with Crippen LogP contribution in [0.3, 0.4) is 0 Å². The second kappa shape index (κ2) is 6.00. The van der Waals surface area contributed by atoms with E-state index in [0.717, 1.165) is 10.9 Å². The smallest absolute Gasteiger partial charge is 0.161 e. The summed E-state index contributed by atoms with van der Waals surface area (Å²) < 4.78 is 15.7. The van der Waals surface area contributed by atoms with Crippen molar-refractivity contribution in [1.29, 1.82) is 0 Å². The first-order valence-electron chi connectivity index (χ1n) is 6.92. The van der Waals surface area contributed by atoms with E-state index in [2.05, 4.69) is 9.97 Å². The van der Waals surface area contributed by atoms with E-state index in [1.165, 1.54) is 7.11 Å². The summed E-state index contributed by atoms with van der Waals surface area (Å²) in [7, 11) is 4.68. The van der Waals surface area contributed by atoms with E-state index >= 15 is 0 Å². The van der Waals surface area contributed by atoms with Gasteiger partial charge in [-0.2, -0.15) is 0 Å². The molecule has 0 saturated heterocycles. The van der Waals surface area contributed by atoms with Crippen LogP contribution in [0.2, 0.25) is 0 Å². The number of phenolic OH excluding ortho intramolecular Hbond substituents is 1. The summed E-state index contributed by atoms with van der Waals surface area (Å²) in [4.78, 5) is 8.94. The van der Waals surface area contributed by atoms with Crippen LogP contribution in [0, 0.1) is 0 Å².